The van der Waals surface area contributed by atoms with Crippen LogP contribution in [0.15, 0.2) is 83.3 Å². The molecule has 0 saturated carbocycles. The maximum absolute atomic E-state index is 15.5. The molecule has 1 N–H and O–H groups in total. The number of ether oxygens (including phenoxy) is 2. The number of aromatic nitrogens is 3. The summed E-state index contributed by atoms with van der Waals surface area (Å²) in [6, 6.07) is 18.2. The molecule has 2 aromatic heterocycles. The molecule has 0 atom stereocenters. The van der Waals surface area contributed by atoms with E-state index < -0.39 is 49.3 Å². The van der Waals surface area contributed by atoms with Crippen LogP contribution in [-0.4, -0.2) is 81.6 Å². The second kappa shape index (κ2) is 19.3. The highest BCUT2D eigenvalue weighted by Gasteiger charge is 2.43. The summed E-state index contributed by atoms with van der Waals surface area (Å²) in [5, 5.41) is 6.91. The molecular formula is C39H34Cl4F4N6O6S2. The van der Waals surface area contributed by atoms with Crippen LogP contribution in [-0.2, 0) is 26.1 Å². The highest BCUT2D eigenvalue weighted by molar-refractivity contribution is 7.93. The Morgan fingerprint density at radius 2 is 1.72 bits per heavy atom. The Morgan fingerprint density at radius 1 is 0.984 bits per heavy atom. The summed E-state index contributed by atoms with van der Waals surface area (Å²) in [7, 11) is -4.44. The summed E-state index contributed by atoms with van der Waals surface area (Å²) in [4.78, 5) is 31.0. The number of carbonyl (C=O) groups is 2. The van der Waals surface area contributed by atoms with E-state index in [0.717, 1.165) is 45.1 Å². The summed E-state index contributed by atoms with van der Waals surface area (Å²) in [5.74, 6) is -3.13. The van der Waals surface area contributed by atoms with Crippen molar-refractivity contribution in [2.45, 2.75) is 47.6 Å². The van der Waals surface area contributed by atoms with E-state index in [1.807, 2.05) is 37.3 Å². The van der Waals surface area contributed by atoms with Crippen molar-refractivity contribution in [2.24, 2.45) is 5.92 Å². The van der Waals surface area contributed by atoms with Crippen molar-refractivity contribution in [3.05, 3.63) is 101 Å². The van der Waals surface area contributed by atoms with Gasteiger partial charge in [-0.1, -0.05) is 93.6 Å². The molecule has 1 fully saturated rings. The zero-order chi connectivity index (χ0) is 44.1. The third-order valence-electron chi connectivity index (χ3n) is 9.46. The van der Waals surface area contributed by atoms with Gasteiger partial charge in [0.05, 0.1) is 17.3 Å². The molecule has 1 aliphatic rings. The van der Waals surface area contributed by atoms with Crippen molar-refractivity contribution >= 4 is 84.9 Å². The maximum atomic E-state index is 15.5. The smallest absolute Gasteiger partial charge is 0.455 e. The second-order valence-electron chi connectivity index (χ2n) is 13.9. The van der Waals surface area contributed by atoms with Crippen LogP contribution in [0.5, 0.6) is 11.5 Å². The fraction of sp³-hybridized carbons (Fsp3) is 0.308. The molecular weight excluding hydrogens is 930 g/mol. The van der Waals surface area contributed by atoms with Crippen LogP contribution >= 0.6 is 57.7 Å². The lowest BCUT2D eigenvalue weighted by Gasteiger charge is -2.33. The maximum Gasteiger partial charge on any atom is 0.471 e. The Balaban J connectivity index is 1.29. The highest BCUT2D eigenvalue weighted by atomic mass is 35.6. The minimum absolute atomic E-state index is 0.0731. The van der Waals surface area contributed by atoms with Gasteiger partial charge in [0.2, 0.25) is 8.92 Å². The Bertz CT molecular complexity index is 2490. The van der Waals surface area contributed by atoms with E-state index in [9.17, 15) is 31.2 Å². The van der Waals surface area contributed by atoms with Crippen LogP contribution in [0.3, 0.4) is 0 Å². The zero-order valence-electron chi connectivity index (χ0n) is 31.8. The first kappa shape index (κ1) is 46.1. The molecule has 0 unspecified atom stereocenters. The minimum Gasteiger partial charge on any atom is -0.455 e. The largest absolute Gasteiger partial charge is 0.471 e. The van der Waals surface area contributed by atoms with Gasteiger partial charge in [0.1, 0.15) is 34.3 Å². The number of likely N-dealkylation sites (tertiary alicyclic amines) is 1. The number of amides is 2. The van der Waals surface area contributed by atoms with Gasteiger partial charge in [-0.25, -0.2) is 17.6 Å². The number of anilines is 1. The first-order chi connectivity index (χ1) is 28.8. The summed E-state index contributed by atoms with van der Waals surface area (Å²) in [6.07, 6.45) is -3.35. The van der Waals surface area contributed by atoms with Crippen molar-refractivity contribution in [2.75, 3.05) is 31.0 Å². The van der Waals surface area contributed by atoms with Crippen LogP contribution in [0.1, 0.15) is 30.5 Å². The van der Waals surface area contributed by atoms with E-state index in [4.69, 9.17) is 55.9 Å². The molecule has 5 aromatic rings. The highest BCUT2D eigenvalue weighted by Crippen LogP contribution is 2.41. The molecule has 61 heavy (non-hydrogen) atoms. The van der Waals surface area contributed by atoms with Crippen molar-refractivity contribution < 1.29 is 45.0 Å². The van der Waals surface area contributed by atoms with Gasteiger partial charge in [-0.2, -0.15) is 13.2 Å². The van der Waals surface area contributed by atoms with Crippen LogP contribution in [0, 0.1) is 18.7 Å². The van der Waals surface area contributed by atoms with Crippen LogP contribution in [0.4, 0.5) is 27.5 Å². The van der Waals surface area contributed by atoms with Gasteiger partial charge in [-0.05, 0) is 79.1 Å². The van der Waals surface area contributed by atoms with Gasteiger partial charge >= 0.3 is 18.2 Å². The number of benzene rings is 3. The quantitative estimate of drug-likeness (QED) is 0.0901. The molecule has 6 rings (SSSR count). The molecule has 0 radical (unpaired) electrons. The number of hydrogen-bond donors (Lipinski definition) is 1. The van der Waals surface area contributed by atoms with E-state index in [2.05, 4.69) is 19.9 Å². The second-order valence-corrected chi connectivity index (χ2v) is 19.3. The number of piperidine rings is 1. The lowest BCUT2D eigenvalue weighted by Crippen LogP contribution is -2.45. The molecule has 1 aliphatic heterocycles. The van der Waals surface area contributed by atoms with Crippen LogP contribution in [0.25, 0.3) is 22.3 Å². The van der Waals surface area contributed by atoms with E-state index >= 15 is 4.39 Å². The lowest BCUT2D eigenvalue weighted by atomic mass is 9.93. The number of aryl methyl sites for hydroxylation is 1. The molecule has 0 aliphatic carbocycles. The van der Waals surface area contributed by atoms with Crippen LogP contribution < -0.4 is 9.46 Å². The third-order valence-corrected chi connectivity index (χ3v) is 12.2. The lowest BCUT2D eigenvalue weighted by molar-refractivity contribution is -0.186. The number of pyridine rings is 1. The summed E-state index contributed by atoms with van der Waals surface area (Å²) in [5.41, 5.74) is 5.37. The monoisotopic (exact) mass is 962 g/mol. The van der Waals surface area contributed by atoms with Gasteiger partial charge in [-0.15, -0.1) is 10.2 Å². The topological polar surface area (TPSA) is 144 Å². The van der Waals surface area contributed by atoms with E-state index in [1.165, 1.54) is 16.6 Å². The van der Waals surface area contributed by atoms with Gasteiger partial charge in [0.15, 0.2) is 0 Å². The molecule has 22 heteroatoms. The first-order valence-corrected chi connectivity index (χ1v) is 22.1. The van der Waals surface area contributed by atoms with Gasteiger partial charge in [0.25, 0.3) is 10.0 Å². The summed E-state index contributed by atoms with van der Waals surface area (Å²) >= 11 is 25.0. The Morgan fingerprint density at radius 3 is 2.39 bits per heavy atom. The number of sulfonamides is 1. The third kappa shape index (κ3) is 12.3. The molecule has 3 heterocycles. The Kier molecular flexibility index (Phi) is 14.6. The first-order valence-electron chi connectivity index (χ1n) is 18.2. The van der Waals surface area contributed by atoms with Gasteiger partial charge < -0.3 is 19.3 Å². The molecule has 1 saturated heterocycles. The molecule has 2 amide bonds. The van der Waals surface area contributed by atoms with Crippen molar-refractivity contribution in [3.63, 3.8) is 0 Å². The van der Waals surface area contributed by atoms with Crippen LogP contribution in [0.2, 0.25) is 5.02 Å². The zero-order valence-corrected chi connectivity index (χ0v) is 36.4. The average Bonchev–Trinajstić information content (AvgIpc) is 3.71. The van der Waals surface area contributed by atoms with E-state index in [-0.39, 0.29) is 53.8 Å². The standard InChI is InChI=1S/C39H34Cl4F4N6O6S2/c1-23-3-2-4-25(15-23)26-5-6-32(59-33-19-31(44)34(18-30(33)40)61(56,57)51-36-50-49-22-60-36)29(17-26)27-7-11-48-28(16-27)20-53(37(55)58-21-38(41,42)43)14-10-24-8-12-52(13-9-24)35(54)39(45,46)47/h2-7,11,15-19,22,24H,8-10,12-14,20-21H2,1H3,(H,50,51). The molecule has 3 aromatic carbocycles. The predicted molar refractivity (Wildman–Crippen MR) is 224 cm³/mol. The normalized spacial score (nSPS) is 13.8. The van der Waals surface area contributed by atoms with E-state index in [0.29, 0.717) is 36.1 Å². The Hall–Kier alpha value is -4.46. The predicted octanol–water partition coefficient (Wildman–Crippen LogP) is 10.5. The van der Waals surface area contributed by atoms with Crippen molar-refractivity contribution in [3.8, 4) is 33.8 Å². The Labute approximate surface area is 371 Å². The van der Waals surface area contributed by atoms with Crippen molar-refractivity contribution in [1.29, 1.82) is 0 Å². The van der Waals surface area contributed by atoms with Gasteiger partial charge in [-0.3, -0.25) is 14.5 Å². The fourth-order valence-electron chi connectivity index (χ4n) is 6.49. The summed E-state index contributed by atoms with van der Waals surface area (Å²) in [6.45, 7) is 1.19. The summed E-state index contributed by atoms with van der Waals surface area (Å²) < 4.78 is 92.2. The molecule has 0 bridgehead atoms. The van der Waals surface area contributed by atoms with Gasteiger partial charge in [0, 0.05) is 37.5 Å². The number of carbonyl (C=O) groups excluding carboxylic acids is 2. The minimum atomic E-state index is -4.97. The number of nitrogens with one attached hydrogen (secondary N) is 1. The molecule has 12 nitrogen and oxygen atoms in total. The average molecular weight is 965 g/mol. The number of alkyl halides is 6. The number of halogens is 8. The van der Waals surface area contributed by atoms with E-state index in [1.54, 1.807) is 24.3 Å². The number of nitrogens with zero attached hydrogens (tertiary/aromatic N) is 5. The molecule has 0 spiro atoms. The number of rotatable bonds is 13. The molecule has 324 valence electrons. The van der Waals surface area contributed by atoms with Crippen molar-refractivity contribution in [1.82, 2.24) is 25.0 Å². The SMILES string of the molecule is Cc1cccc(-c2ccc(Oc3cc(F)c(S(=O)(=O)Nc4nncs4)cc3Cl)c(-c3ccnc(CN(CCC4CCN(C(=O)C(F)(F)F)CC4)C(=O)OCC(Cl)(Cl)Cl)c3)c2)c1. The fourth-order valence-corrected chi connectivity index (χ4v) is 8.70. The number of hydrogen-bond acceptors (Lipinski definition) is 10.